The van der Waals surface area contributed by atoms with Gasteiger partial charge in [-0.3, -0.25) is 4.72 Å². The molecule has 0 atom stereocenters. The van der Waals surface area contributed by atoms with Crippen LogP contribution in [0.1, 0.15) is 5.56 Å². The van der Waals surface area contributed by atoms with Gasteiger partial charge >= 0.3 is 0 Å². The second kappa shape index (κ2) is 6.36. The van der Waals surface area contributed by atoms with Crippen molar-refractivity contribution in [3.63, 3.8) is 0 Å². The van der Waals surface area contributed by atoms with Gasteiger partial charge < -0.3 is 0 Å². The summed E-state index contributed by atoms with van der Waals surface area (Å²) < 4.78 is 65.9. The van der Waals surface area contributed by atoms with Crippen LogP contribution in [-0.2, 0) is 15.8 Å². The summed E-state index contributed by atoms with van der Waals surface area (Å²) in [5, 5.41) is -0.301. The maximum Gasteiger partial charge on any atom is 0.237 e. The van der Waals surface area contributed by atoms with Crippen LogP contribution in [0.25, 0.3) is 0 Å². The predicted molar refractivity (Wildman–Crippen MR) is 79.0 cm³/mol. The van der Waals surface area contributed by atoms with Crippen LogP contribution in [0.3, 0.4) is 0 Å². The number of hydrogen-bond acceptors (Lipinski definition) is 2. The Kier molecular flexibility index (Phi) is 4.89. The van der Waals surface area contributed by atoms with Gasteiger partial charge in [0, 0.05) is 16.7 Å². The number of rotatable bonds is 4. The molecule has 0 unspecified atom stereocenters. The van der Waals surface area contributed by atoms with Crippen molar-refractivity contribution in [1.82, 2.24) is 0 Å². The summed E-state index contributed by atoms with van der Waals surface area (Å²) in [5.74, 6) is -3.70. The van der Waals surface area contributed by atoms with Gasteiger partial charge in [-0.25, -0.2) is 21.6 Å². The molecule has 9 heteroatoms. The minimum atomic E-state index is -4.18. The highest BCUT2D eigenvalue weighted by molar-refractivity contribution is 7.91. The Hall–Kier alpha value is -1.44. The van der Waals surface area contributed by atoms with Crippen LogP contribution in [0, 0.1) is 17.5 Å². The highest BCUT2D eigenvalue weighted by Crippen LogP contribution is 2.28. The first-order chi connectivity index (χ1) is 10.2. The minimum Gasteiger partial charge on any atom is -0.279 e. The molecule has 0 amide bonds. The zero-order chi connectivity index (χ0) is 16.5. The Balaban J connectivity index is 2.31. The van der Waals surface area contributed by atoms with Crippen molar-refractivity contribution < 1.29 is 21.6 Å². The van der Waals surface area contributed by atoms with Crippen molar-refractivity contribution in [1.29, 1.82) is 0 Å². The lowest BCUT2D eigenvalue weighted by molar-refractivity contribution is 0.581. The van der Waals surface area contributed by atoms with E-state index in [-0.39, 0.29) is 10.6 Å². The van der Waals surface area contributed by atoms with Crippen LogP contribution in [-0.4, -0.2) is 8.42 Å². The number of hydrogen-bond donors (Lipinski definition) is 1. The number of benzene rings is 2. The summed E-state index contributed by atoms with van der Waals surface area (Å²) in [6.07, 6.45) is 0. The summed E-state index contributed by atoms with van der Waals surface area (Å²) in [5.41, 5.74) is -0.802. The number of anilines is 1. The second-order valence-electron chi connectivity index (χ2n) is 4.34. The summed E-state index contributed by atoms with van der Waals surface area (Å²) in [6, 6.07) is 4.64. The van der Waals surface area contributed by atoms with E-state index in [0.717, 1.165) is 18.2 Å². The Morgan fingerprint density at radius 2 is 1.68 bits per heavy atom. The van der Waals surface area contributed by atoms with Gasteiger partial charge in [-0.1, -0.05) is 23.2 Å². The quantitative estimate of drug-likeness (QED) is 0.870. The molecule has 1 N–H and O–H groups in total. The average Bonchev–Trinajstić information content (AvgIpc) is 2.38. The first kappa shape index (κ1) is 16.9. The Bertz CT molecular complexity index is 805. The smallest absolute Gasteiger partial charge is 0.237 e. The van der Waals surface area contributed by atoms with Crippen LogP contribution >= 0.6 is 23.2 Å². The van der Waals surface area contributed by atoms with Gasteiger partial charge in [0.25, 0.3) is 0 Å². The fraction of sp³-hybridized carbons (Fsp3) is 0.0769. The van der Waals surface area contributed by atoms with E-state index in [9.17, 15) is 21.6 Å². The van der Waals surface area contributed by atoms with Crippen LogP contribution in [0.2, 0.25) is 10.0 Å². The van der Waals surface area contributed by atoms with Crippen LogP contribution < -0.4 is 4.72 Å². The second-order valence-corrected chi connectivity index (χ2v) is 6.91. The fourth-order valence-electron chi connectivity index (χ4n) is 1.69. The van der Waals surface area contributed by atoms with E-state index in [0.29, 0.717) is 6.07 Å². The van der Waals surface area contributed by atoms with E-state index in [2.05, 4.69) is 0 Å². The van der Waals surface area contributed by atoms with Gasteiger partial charge in [0.2, 0.25) is 10.0 Å². The standard InChI is InChI=1S/C13H8Cl2F3NO2S/c14-8-1-2-11(17)7(3-8)6-22(20,21)19-13-10(15)4-9(16)5-12(13)18/h1-5,19H,6H2. The summed E-state index contributed by atoms with van der Waals surface area (Å²) in [7, 11) is -4.18. The molecule has 2 aromatic carbocycles. The molecule has 0 fully saturated rings. The van der Waals surface area contributed by atoms with Gasteiger partial charge in [0.1, 0.15) is 17.3 Å². The van der Waals surface area contributed by atoms with Crippen molar-refractivity contribution in [2.75, 3.05) is 4.72 Å². The van der Waals surface area contributed by atoms with E-state index in [4.69, 9.17) is 23.2 Å². The highest BCUT2D eigenvalue weighted by Gasteiger charge is 2.19. The maximum absolute atomic E-state index is 13.6. The molecule has 0 aliphatic rings. The topological polar surface area (TPSA) is 46.2 Å². The molecule has 0 aromatic heterocycles. The number of nitrogens with one attached hydrogen (secondary N) is 1. The molecule has 0 heterocycles. The van der Waals surface area contributed by atoms with E-state index < -0.39 is 43.9 Å². The molecule has 0 spiro atoms. The van der Waals surface area contributed by atoms with Crippen molar-refractivity contribution in [3.8, 4) is 0 Å². The lowest BCUT2D eigenvalue weighted by Crippen LogP contribution is -2.17. The third-order valence-electron chi connectivity index (χ3n) is 2.62. The van der Waals surface area contributed by atoms with Crippen LogP contribution in [0.15, 0.2) is 30.3 Å². The van der Waals surface area contributed by atoms with E-state index >= 15 is 0 Å². The van der Waals surface area contributed by atoms with E-state index in [1.807, 2.05) is 4.72 Å². The molecule has 0 saturated heterocycles. The highest BCUT2D eigenvalue weighted by atomic mass is 35.5. The molecule has 2 rings (SSSR count). The molecule has 3 nitrogen and oxygen atoms in total. The van der Waals surface area contributed by atoms with Gasteiger partial charge in [-0.05, 0) is 24.3 Å². The summed E-state index contributed by atoms with van der Waals surface area (Å²) in [4.78, 5) is 0. The van der Waals surface area contributed by atoms with Crippen molar-refractivity contribution >= 4 is 38.9 Å². The molecule has 0 aliphatic heterocycles. The summed E-state index contributed by atoms with van der Waals surface area (Å²) >= 11 is 11.3. The van der Waals surface area contributed by atoms with Crippen molar-refractivity contribution in [3.05, 3.63) is 63.4 Å². The summed E-state index contributed by atoms with van der Waals surface area (Å²) in [6.45, 7) is 0. The first-order valence-corrected chi connectivity index (χ1v) is 8.18. The monoisotopic (exact) mass is 369 g/mol. The predicted octanol–water partition coefficient (Wildman–Crippen LogP) is 4.35. The average molecular weight is 370 g/mol. The lowest BCUT2D eigenvalue weighted by atomic mass is 10.2. The first-order valence-electron chi connectivity index (χ1n) is 5.77. The van der Waals surface area contributed by atoms with E-state index in [1.165, 1.54) is 6.07 Å². The number of sulfonamides is 1. The third-order valence-corrected chi connectivity index (χ3v) is 4.36. The fourth-order valence-corrected chi connectivity index (χ4v) is 3.40. The van der Waals surface area contributed by atoms with Gasteiger partial charge in [0.15, 0.2) is 5.82 Å². The van der Waals surface area contributed by atoms with Crippen LogP contribution in [0.5, 0.6) is 0 Å². The molecule has 0 radical (unpaired) electrons. The lowest BCUT2D eigenvalue weighted by Gasteiger charge is -2.11. The van der Waals surface area contributed by atoms with Gasteiger partial charge in [-0.2, -0.15) is 0 Å². The Labute approximate surface area is 134 Å². The van der Waals surface area contributed by atoms with Crippen molar-refractivity contribution in [2.24, 2.45) is 0 Å². The molecule has 22 heavy (non-hydrogen) atoms. The molecule has 0 bridgehead atoms. The van der Waals surface area contributed by atoms with Gasteiger partial charge in [-0.15, -0.1) is 0 Å². The largest absolute Gasteiger partial charge is 0.279 e. The SMILES string of the molecule is O=S(=O)(Cc1cc(Cl)ccc1F)Nc1c(F)cc(F)cc1Cl. The Morgan fingerprint density at radius 1 is 1.00 bits per heavy atom. The zero-order valence-corrected chi connectivity index (χ0v) is 13.0. The number of halogens is 5. The van der Waals surface area contributed by atoms with Crippen LogP contribution in [0.4, 0.5) is 18.9 Å². The maximum atomic E-state index is 13.6. The Morgan fingerprint density at radius 3 is 2.32 bits per heavy atom. The minimum absolute atomic E-state index is 0.151. The normalized spacial score (nSPS) is 11.5. The molecular formula is C13H8Cl2F3NO2S. The van der Waals surface area contributed by atoms with Crippen molar-refractivity contribution in [2.45, 2.75) is 5.75 Å². The molecule has 2 aromatic rings. The third kappa shape index (κ3) is 4.06. The molecular weight excluding hydrogens is 362 g/mol. The van der Waals surface area contributed by atoms with E-state index in [1.54, 1.807) is 0 Å². The molecule has 0 saturated carbocycles. The molecule has 0 aliphatic carbocycles. The van der Waals surface area contributed by atoms with Gasteiger partial charge in [0.05, 0.1) is 10.8 Å². The molecule has 118 valence electrons. The zero-order valence-electron chi connectivity index (χ0n) is 10.7.